The zero-order valence-corrected chi connectivity index (χ0v) is 9.53. The van der Waals surface area contributed by atoms with Crippen molar-refractivity contribution in [3.8, 4) is 0 Å². The summed E-state index contributed by atoms with van der Waals surface area (Å²) in [5.41, 5.74) is -0.0585. The highest BCUT2D eigenvalue weighted by Crippen LogP contribution is 2.14. The Hall–Kier alpha value is -0.810. The molecule has 5 nitrogen and oxygen atoms in total. The molecule has 1 rings (SSSR count). The monoisotopic (exact) mass is 216 g/mol. The fourth-order valence-electron chi connectivity index (χ4n) is 1.83. The van der Waals surface area contributed by atoms with Crippen molar-refractivity contribution in [2.45, 2.75) is 44.9 Å². The van der Waals surface area contributed by atoms with Gasteiger partial charge in [-0.05, 0) is 27.2 Å². The lowest BCUT2D eigenvalue weighted by molar-refractivity contribution is 0.0335. The van der Waals surface area contributed by atoms with Crippen molar-refractivity contribution in [3.63, 3.8) is 0 Å². The van der Waals surface area contributed by atoms with Gasteiger partial charge < -0.3 is 20.4 Å². The molecule has 1 aliphatic heterocycles. The third-order valence-corrected chi connectivity index (χ3v) is 2.47. The number of aliphatic hydroxyl groups is 1. The molecule has 0 saturated carbocycles. The summed E-state index contributed by atoms with van der Waals surface area (Å²) in [4.78, 5) is 11.9. The van der Waals surface area contributed by atoms with Crippen LogP contribution in [0.1, 0.15) is 27.2 Å². The van der Waals surface area contributed by atoms with Gasteiger partial charge in [0.15, 0.2) is 0 Å². The molecule has 3 N–H and O–H groups in total. The number of β-amino-alcohol motifs (C(OH)–C–C–N with tert-alkyl or cyclic N) is 1. The van der Waals surface area contributed by atoms with Gasteiger partial charge >= 0.3 is 6.09 Å². The van der Waals surface area contributed by atoms with Crippen LogP contribution in [0.25, 0.3) is 0 Å². The maximum atomic E-state index is 10.7. The molecule has 0 aromatic heterocycles. The maximum absolute atomic E-state index is 10.7. The van der Waals surface area contributed by atoms with Gasteiger partial charge in [0.05, 0.1) is 12.6 Å². The van der Waals surface area contributed by atoms with Crippen molar-refractivity contribution in [2.24, 2.45) is 0 Å². The minimum Gasteiger partial charge on any atom is -0.465 e. The zero-order chi connectivity index (χ0) is 11.6. The SMILES string of the molecule is CC(C)(C)N[C@@H]1CCN(C(=O)O)C[C@H]1O. The van der Waals surface area contributed by atoms with E-state index in [1.165, 1.54) is 4.90 Å². The third-order valence-electron chi connectivity index (χ3n) is 2.47. The van der Waals surface area contributed by atoms with Crippen LogP contribution in [0.3, 0.4) is 0 Å². The van der Waals surface area contributed by atoms with Crippen LogP contribution in [0.4, 0.5) is 4.79 Å². The average Bonchev–Trinajstić information content (AvgIpc) is 2.05. The molecule has 0 aromatic carbocycles. The van der Waals surface area contributed by atoms with E-state index >= 15 is 0 Å². The highest BCUT2D eigenvalue weighted by molar-refractivity contribution is 5.65. The van der Waals surface area contributed by atoms with Crippen molar-refractivity contribution in [1.29, 1.82) is 0 Å². The first-order valence-electron chi connectivity index (χ1n) is 5.23. The number of rotatable bonds is 1. The van der Waals surface area contributed by atoms with Gasteiger partial charge in [-0.15, -0.1) is 0 Å². The molecule has 0 aliphatic carbocycles. The summed E-state index contributed by atoms with van der Waals surface area (Å²) in [6.45, 7) is 6.78. The average molecular weight is 216 g/mol. The highest BCUT2D eigenvalue weighted by atomic mass is 16.4. The second-order valence-electron chi connectivity index (χ2n) is 5.09. The molecular weight excluding hydrogens is 196 g/mol. The van der Waals surface area contributed by atoms with Crippen molar-refractivity contribution in [1.82, 2.24) is 10.2 Å². The van der Waals surface area contributed by atoms with Crippen LogP contribution in [-0.2, 0) is 0 Å². The topological polar surface area (TPSA) is 72.8 Å². The summed E-state index contributed by atoms with van der Waals surface area (Å²) in [6.07, 6.45) is -0.914. The summed E-state index contributed by atoms with van der Waals surface area (Å²) in [5, 5.41) is 21.9. The van der Waals surface area contributed by atoms with Crippen LogP contribution in [0.15, 0.2) is 0 Å². The number of hydrogen-bond acceptors (Lipinski definition) is 3. The fourth-order valence-corrected chi connectivity index (χ4v) is 1.83. The predicted molar refractivity (Wildman–Crippen MR) is 56.9 cm³/mol. The Balaban J connectivity index is 2.49. The van der Waals surface area contributed by atoms with Crippen LogP contribution >= 0.6 is 0 Å². The molecule has 0 aromatic rings. The lowest BCUT2D eigenvalue weighted by Gasteiger charge is -2.38. The Bertz CT molecular complexity index is 237. The van der Waals surface area contributed by atoms with E-state index in [0.29, 0.717) is 13.0 Å². The number of nitrogens with zero attached hydrogens (tertiary/aromatic N) is 1. The molecule has 88 valence electrons. The first-order valence-corrected chi connectivity index (χ1v) is 5.23. The number of hydrogen-bond donors (Lipinski definition) is 3. The second-order valence-corrected chi connectivity index (χ2v) is 5.09. The number of amides is 1. The first kappa shape index (κ1) is 12.3. The van der Waals surface area contributed by atoms with E-state index < -0.39 is 12.2 Å². The van der Waals surface area contributed by atoms with Crippen molar-refractivity contribution in [3.05, 3.63) is 0 Å². The number of aliphatic hydroxyl groups excluding tert-OH is 1. The van der Waals surface area contributed by atoms with Gasteiger partial charge in [-0.2, -0.15) is 0 Å². The minimum absolute atomic E-state index is 0.0133. The van der Waals surface area contributed by atoms with Gasteiger partial charge in [0.2, 0.25) is 0 Å². The van der Waals surface area contributed by atoms with Gasteiger partial charge in [0.1, 0.15) is 0 Å². The molecule has 1 saturated heterocycles. The summed E-state index contributed by atoms with van der Waals surface area (Å²) >= 11 is 0. The molecule has 5 heteroatoms. The minimum atomic E-state index is -0.955. The molecule has 0 bridgehead atoms. The summed E-state index contributed by atoms with van der Waals surface area (Å²) < 4.78 is 0. The normalized spacial score (nSPS) is 27.9. The summed E-state index contributed by atoms with van der Waals surface area (Å²) in [6, 6.07) is -0.0133. The molecule has 1 aliphatic rings. The Morgan fingerprint density at radius 2 is 2.07 bits per heavy atom. The van der Waals surface area contributed by atoms with Gasteiger partial charge in [-0.3, -0.25) is 0 Å². The number of nitrogens with one attached hydrogen (secondary N) is 1. The Morgan fingerprint density at radius 1 is 1.47 bits per heavy atom. The van der Waals surface area contributed by atoms with E-state index in [1.54, 1.807) is 0 Å². The van der Waals surface area contributed by atoms with Gasteiger partial charge in [0.25, 0.3) is 0 Å². The fraction of sp³-hybridized carbons (Fsp3) is 0.900. The molecule has 1 heterocycles. The number of likely N-dealkylation sites (tertiary alicyclic amines) is 1. The lowest BCUT2D eigenvalue weighted by Crippen LogP contribution is -2.57. The van der Waals surface area contributed by atoms with Crippen LogP contribution < -0.4 is 5.32 Å². The predicted octanol–water partition coefficient (Wildman–Crippen LogP) is 0.488. The van der Waals surface area contributed by atoms with Crippen LogP contribution in [0, 0.1) is 0 Å². The summed E-state index contributed by atoms with van der Waals surface area (Å²) in [5.74, 6) is 0. The van der Waals surface area contributed by atoms with Crippen molar-refractivity contribution >= 4 is 6.09 Å². The molecule has 15 heavy (non-hydrogen) atoms. The van der Waals surface area contributed by atoms with Crippen molar-refractivity contribution < 1.29 is 15.0 Å². The van der Waals surface area contributed by atoms with Crippen molar-refractivity contribution in [2.75, 3.05) is 13.1 Å². The van der Waals surface area contributed by atoms with Crippen LogP contribution in [0.5, 0.6) is 0 Å². The van der Waals surface area contributed by atoms with E-state index in [2.05, 4.69) is 5.32 Å². The van der Waals surface area contributed by atoms with E-state index in [0.717, 1.165) is 0 Å². The molecule has 1 fully saturated rings. The van der Waals surface area contributed by atoms with E-state index in [1.807, 2.05) is 20.8 Å². The zero-order valence-electron chi connectivity index (χ0n) is 9.53. The molecule has 0 spiro atoms. The molecule has 1 amide bonds. The molecule has 2 atom stereocenters. The molecular formula is C10H20N2O3. The maximum Gasteiger partial charge on any atom is 0.407 e. The first-order chi connectivity index (χ1) is 6.79. The Labute approximate surface area is 90.1 Å². The lowest BCUT2D eigenvalue weighted by atomic mass is 9.98. The Kier molecular flexibility index (Phi) is 3.57. The number of carboxylic acid groups (broad SMARTS) is 1. The molecule has 0 unspecified atom stereocenters. The smallest absolute Gasteiger partial charge is 0.407 e. The third kappa shape index (κ3) is 3.68. The standard InChI is InChI=1S/C10H20N2O3/c1-10(2,3)11-7-4-5-12(9(14)15)6-8(7)13/h7-8,11,13H,4-6H2,1-3H3,(H,14,15)/t7-,8-/m1/s1. The van der Waals surface area contributed by atoms with E-state index in [-0.39, 0.29) is 18.1 Å². The number of carbonyl (C=O) groups is 1. The number of piperidine rings is 1. The van der Waals surface area contributed by atoms with E-state index in [9.17, 15) is 9.90 Å². The summed E-state index contributed by atoms with van der Waals surface area (Å²) in [7, 11) is 0. The van der Waals surface area contributed by atoms with Crippen LogP contribution in [0.2, 0.25) is 0 Å². The van der Waals surface area contributed by atoms with Crippen LogP contribution in [-0.4, -0.2) is 52.0 Å². The largest absolute Gasteiger partial charge is 0.465 e. The quantitative estimate of drug-likeness (QED) is 0.596. The van der Waals surface area contributed by atoms with Gasteiger partial charge in [-0.1, -0.05) is 0 Å². The van der Waals surface area contributed by atoms with E-state index in [4.69, 9.17) is 5.11 Å². The molecule has 0 radical (unpaired) electrons. The Morgan fingerprint density at radius 3 is 2.47 bits per heavy atom. The highest BCUT2D eigenvalue weighted by Gasteiger charge is 2.31. The second kappa shape index (κ2) is 4.37. The van der Waals surface area contributed by atoms with Gasteiger partial charge in [-0.25, -0.2) is 4.79 Å². The van der Waals surface area contributed by atoms with Gasteiger partial charge in [0, 0.05) is 18.1 Å².